The van der Waals surface area contributed by atoms with Gasteiger partial charge in [-0.1, -0.05) is 61.5 Å². The van der Waals surface area contributed by atoms with Gasteiger partial charge in [-0.25, -0.2) is 0 Å². The van der Waals surface area contributed by atoms with Crippen molar-refractivity contribution in [2.45, 2.75) is 19.8 Å². The first kappa shape index (κ1) is 17.0. The van der Waals surface area contributed by atoms with E-state index in [-0.39, 0.29) is 12.4 Å². The molecule has 124 valence electrons. The molecule has 0 unspecified atom stereocenters. The largest absolute Gasteiger partial charge is 0.300 e. The van der Waals surface area contributed by atoms with Crippen LogP contribution in [-0.4, -0.2) is 24.5 Å². The van der Waals surface area contributed by atoms with Crippen molar-refractivity contribution in [3.05, 3.63) is 82.4 Å². The van der Waals surface area contributed by atoms with Crippen LogP contribution in [0.2, 0.25) is 0 Å². The molecule has 2 aromatic rings. The molecule has 24 heavy (non-hydrogen) atoms. The lowest BCUT2D eigenvalue weighted by molar-refractivity contribution is 0.312. The topological polar surface area (TPSA) is 3.24 Å². The number of halogens is 1. The molecule has 4 rings (SSSR count). The van der Waals surface area contributed by atoms with Gasteiger partial charge in [0.05, 0.1) is 0 Å². The maximum Gasteiger partial charge on any atom is 0.0169 e. The summed E-state index contributed by atoms with van der Waals surface area (Å²) >= 11 is 0. The van der Waals surface area contributed by atoms with Crippen molar-refractivity contribution < 1.29 is 0 Å². The van der Waals surface area contributed by atoms with Crippen molar-refractivity contribution in [3.63, 3.8) is 0 Å². The Bertz CT molecular complexity index is 788. The number of rotatable bonds is 2. The van der Waals surface area contributed by atoms with Gasteiger partial charge in [0.15, 0.2) is 0 Å². The van der Waals surface area contributed by atoms with Gasteiger partial charge in [-0.2, -0.15) is 0 Å². The Morgan fingerprint density at radius 1 is 0.958 bits per heavy atom. The van der Waals surface area contributed by atoms with E-state index in [9.17, 15) is 0 Å². The van der Waals surface area contributed by atoms with Crippen LogP contribution in [0, 0.1) is 0 Å². The standard InChI is InChI=1S/C22H23N.ClH/c1-2-23-13-11-17(12-14-23)22-16-19-8-4-3-7-18(19)15-20-9-5-6-10-21(20)22;/h3-11,16H,2,12-15H2,1H3;1H. The summed E-state index contributed by atoms with van der Waals surface area (Å²) in [6, 6.07) is 17.7. The molecule has 0 bridgehead atoms. The number of allylic oxidation sites excluding steroid dienone is 1. The number of nitrogens with zero attached hydrogens (tertiary/aromatic N) is 1. The van der Waals surface area contributed by atoms with Crippen LogP contribution in [0.1, 0.15) is 35.6 Å². The summed E-state index contributed by atoms with van der Waals surface area (Å²) in [6.45, 7) is 5.63. The SMILES string of the molecule is CCN1CC=C(C2=Cc3ccccc3Cc3ccccc32)CC1.Cl. The smallest absolute Gasteiger partial charge is 0.0169 e. The summed E-state index contributed by atoms with van der Waals surface area (Å²) in [4.78, 5) is 2.50. The van der Waals surface area contributed by atoms with Gasteiger partial charge in [0.25, 0.3) is 0 Å². The zero-order chi connectivity index (χ0) is 15.6. The molecule has 1 aliphatic carbocycles. The molecule has 0 fully saturated rings. The van der Waals surface area contributed by atoms with E-state index < -0.39 is 0 Å². The Kier molecular flexibility index (Phi) is 5.23. The lowest BCUT2D eigenvalue weighted by atomic mass is 9.90. The zero-order valence-electron chi connectivity index (χ0n) is 14.2. The third kappa shape index (κ3) is 3.19. The molecule has 0 spiro atoms. The summed E-state index contributed by atoms with van der Waals surface area (Å²) in [6.07, 6.45) is 7.02. The highest BCUT2D eigenvalue weighted by atomic mass is 35.5. The molecule has 0 amide bonds. The molecule has 0 saturated heterocycles. The molecule has 2 heteroatoms. The minimum atomic E-state index is 0. The van der Waals surface area contributed by atoms with Crippen molar-refractivity contribution in [1.82, 2.24) is 4.90 Å². The molecule has 2 aliphatic rings. The van der Waals surface area contributed by atoms with E-state index in [0.717, 1.165) is 25.9 Å². The summed E-state index contributed by atoms with van der Waals surface area (Å²) in [5.41, 5.74) is 8.61. The van der Waals surface area contributed by atoms with Gasteiger partial charge >= 0.3 is 0 Å². The van der Waals surface area contributed by atoms with Crippen molar-refractivity contribution in [3.8, 4) is 0 Å². The maximum atomic E-state index is 2.50. The van der Waals surface area contributed by atoms with Gasteiger partial charge in [-0.05, 0) is 58.9 Å². The molecule has 2 aromatic carbocycles. The minimum Gasteiger partial charge on any atom is -0.300 e. The predicted molar refractivity (Wildman–Crippen MR) is 106 cm³/mol. The number of likely N-dealkylation sites (N-methyl/N-ethyl adjacent to an activating group) is 1. The van der Waals surface area contributed by atoms with Crippen molar-refractivity contribution in [2.24, 2.45) is 0 Å². The van der Waals surface area contributed by atoms with Crippen molar-refractivity contribution in [2.75, 3.05) is 19.6 Å². The van der Waals surface area contributed by atoms with E-state index in [1.54, 1.807) is 0 Å². The summed E-state index contributed by atoms with van der Waals surface area (Å²) in [5, 5.41) is 0. The van der Waals surface area contributed by atoms with E-state index in [4.69, 9.17) is 0 Å². The van der Waals surface area contributed by atoms with Crippen LogP contribution in [0.25, 0.3) is 11.6 Å². The van der Waals surface area contributed by atoms with Gasteiger partial charge in [-0.3, -0.25) is 4.90 Å². The van der Waals surface area contributed by atoms with Gasteiger partial charge in [0, 0.05) is 13.1 Å². The normalized spacial score (nSPS) is 16.9. The fraction of sp³-hybridized carbons (Fsp3) is 0.273. The lowest BCUT2D eigenvalue weighted by Crippen LogP contribution is -2.28. The van der Waals surface area contributed by atoms with Crippen LogP contribution in [0.3, 0.4) is 0 Å². The second-order valence-corrected chi connectivity index (χ2v) is 6.46. The molecule has 1 aliphatic heterocycles. The highest BCUT2D eigenvalue weighted by molar-refractivity contribution is 5.93. The van der Waals surface area contributed by atoms with E-state index in [1.165, 1.54) is 39.9 Å². The Hall–Kier alpha value is -1.83. The zero-order valence-corrected chi connectivity index (χ0v) is 15.0. The third-order valence-corrected chi connectivity index (χ3v) is 5.13. The van der Waals surface area contributed by atoms with Crippen LogP contribution in [0.15, 0.2) is 60.2 Å². The average molecular weight is 338 g/mol. The number of hydrogen-bond donors (Lipinski definition) is 0. The van der Waals surface area contributed by atoms with Crippen LogP contribution in [-0.2, 0) is 6.42 Å². The Balaban J connectivity index is 0.00000169. The molecule has 0 atom stereocenters. The highest BCUT2D eigenvalue weighted by Crippen LogP contribution is 2.36. The second kappa shape index (κ2) is 7.38. The number of hydrogen-bond acceptors (Lipinski definition) is 1. The second-order valence-electron chi connectivity index (χ2n) is 6.46. The van der Waals surface area contributed by atoms with Gasteiger partial charge in [0.1, 0.15) is 0 Å². The van der Waals surface area contributed by atoms with Gasteiger partial charge in [-0.15, -0.1) is 12.4 Å². The number of benzene rings is 2. The molecular weight excluding hydrogens is 314 g/mol. The molecular formula is C22H24ClN. The molecule has 0 aromatic heterocycles. The van der Waals surface area contributed by atoms with Crippen LogP contribution in [0.4, 0.5) is 0 Å². The molecule has 0 radical (unpaired) electrons. The van der Waals surface area contributed by atoms with E-state index >= 15 is 0 Å². The molecule has 1 heterocycles. The number of fused-ring (bicyclic) bond motifs is 2. The first-order valence-electron chi connectivity index (χ1n) is 8.65. The van der Waals surface area contributed by atoms with Gasteiger partial charge in [0.2, 0.25) is 0 Å². The highest BCUT2D eigenvalue weighted by Gasteiger charge is 2.19. The fourth-order valence-electron chi connectivity index (χ4n) is 3.72. The van der Waals surface area contributed by atoms with Crippen LogP contribution in [0.5, 0.6) is 0 Å². The summed E-state index contributed by atoms with van der Waals surface area (Å²) in [5.74, 6) is 0. The third-order valence-electron chi connectivity index (χ3n) is 5.13. The van der Waals surface area contributed by atoms with Crippen molar-refractivity contribution >= 4 is 24.1 Å². The van der Waals surface area contributed by atoms with Crippen LogP contribution < -0.4 is 0 Å². The minimum absolute atomic E-state index is 0. The molecule has 1 nitrogen and oxygen atoms in total. The predicted octanol–water partition coefficient (Wildman–Crippen LogP) is 5.21. The van der Waals surface area contributed by atoms with Gasteiger partial charge < -0.3 is 0 Å². The first-order valence-corrected chi connectivity index (χ1v) is 8.65. The average Bonchev–Trinajstić information content (AvgIpc) is 2.78. The lowest BCUT2D eigenvalue weighted by Gasteiger charge is -2.26. The molecule has 0 N–H and O–H groups in total. The Morgan fingerprint density at radius 2 is 1.71 bits per heavy atom. The Labute approximate surface area is 151 Å². The fourth-order valence-corrected chi connectivity index (χ4v) is 3.72. The Morgan fingerprint density at radius 3 is 2.46 bits per heavy atom. The van der Waals surface area contributed by atoms with E-state index in [1.807, 2.05) is 0 Å². The summed E-state index contributed by atoms with van der Waals surface area (Å²) in [7, 11) is 0. The molecule has 0 saturated carbocycles. The van der Waals surface area contributed by atoms with Crippen molar-refractivity contribution in [1.29, 1.82) is 0 Å². The maximum absolute atomic E-state index is 2.50. The summed E-state index contributed by atoms with van der Waals surface area (Å²) < 4.78 is 0. The monoisotopic (exact) mass is 337 g/mol. The van der Waals surface area contributed by atoms with E-state index in [0.29, 0.717) is 0 Å². The van der Waals surface area contributed by atoms with E-state index in [2.05, 4.69) is 72.5 Å². The first-order chi connectivity index (χ1) is 11.3. The van der Waals surface area contributed by atoms with Crippen LogP contribution >= 0.6 is 12.4 Å². The quantitative estimate of drug-likeness (QED) is 0.727.